The maximum atomic E-state index is 13.5. The molecular weight excluding hydrogens is 377 g/mol. The van der Waals surface area contributed by atoms with Crippen molar-refractivity contribution in [3.63, 3.8) is 0 Å². The summed E-state index contributed by atoms with van der Waals surface area (Å²) < 4.78 is 27.2. The third-order valence-electron chi connectivity index (χ3n) is 4.81. The molecule has 1 aromatic heterocycles. The van der Waals surface area contributed by atoms with Crippen LogP contribution in [0.4, 0.5) is 10.1 Å². The SMILES string of the molecule is CC(C)CC1CCc2c(cn(C)c2C(=O)Nc2ccc(F)c(C#N)c2)S(=N)N1. The number of hydrogen-bond donors (Lipinski definition) is 3. The molecule has 1 amide bonds. The van der Waals surface area contributed by atoms with Crippen molar-refractivity contribution in [3.05, 3.63) is 47.0 Å². The van der Waals surface area contributed by atoms with Crippen LogP contribution >= 0.6 is 0 Å². The van der Waals surface area contributed by atoms with Crippen molar-refractivity contribution >= 4 is 22.5 Å². The summed E-state index contributed by atoms with van der Waals surface area (Å²) in [5.74, 6) is -0.402. The minimum atomic E-state index is -0.883. The molecule has 2 unspecified atom stereocenters. The predicted octanol–water partition coefficient (Wildman–Crippen LogP) is 3.89. The van der Waals surface area contributed by atoms with Gasteiger partial charge in [0, 0.05) is 25.0 Å². The second-order valence-corrected chi connectivity index (χ2v) is 8.77. The zero-order valence-electron chi connectivity index (χ0n) is 16.2. The highest BCUT2D eigenvalue weighted by Crippen LogP contribution is 2.28. The van der Waals surface area contributed by atoms with E-state index in [2.05, 4.69) is 23.9 Å². The number of carbonyl (C=O) groups excluding carboxylic acids is 1. The highest BCUT2D eigenvalue weighted by atomic mass is 32.2. The molecule has 0 bridgehead atoms. The zero-order chi connectivity index (χ0) is 20.4. The molecule has 1 aliphatic heterocycles. The van der Waals surface area contributed by atoms with Gasteiger partial charge in [0.15, 0.2) is 0 Å². The van der Waals surface area contributed by atoms with Crippen molar-refractivity contribution in [2.24, 2.45) is 13.0 Å². The quantitative estimate of drug-likeness (QED) is 0.725. The number of rotatable bonds is 4. The topological polar surface area (TPSA) is 93.7 Å². The Bertz CT molecular complexity index is 976. The van der Waals surface area contributed by atoms with E-state index in [1.807, 2.05) is 6.20 Å². The number of hydrogen-bond acceptors (Lipinski definition) is 3. The summed E-state index contributed by atoms with van der Waals surface area (Å²) in [6.07, 6.45) is 4.43. The zero-order valence-corrected chi connectivity index (χ0v) is 17.0. The molecule has 1 aromatic carbocycles. The number of nitrogens with zero attached hydrogens (tertiary/aromatic N) is 2. The molecule has 0 saturated heterocycles. The van der Waals surface area contributed by atoms with E-state index in [0.29, 0.717) is 17.3 Å². The number of amides is 1. The van der Waals surface area contributed by atoms with Crippen molar-refractivity contribution in [1.29, 1.82) is 10.0 Å². The molecule has 1 aliphatic rings. The summed E-state index contributed by atoms with van der Waals surface area (Å²) in [6, 6.07) is 5.96. The van der Waals surface area contributed by atoms with E-state index in [4.69, 9.17) is 10.0 Å². The highest BCUT2D eigenvalue weighted by molar-refractivity contribution is 7.84. The smallest absolute Gasteiger partial charge is 0.272 e. The van der Waals surface area contributed by atoms with E-state index in [1.54, 1.807) is 17.7 Å². The monoisotopic (exact) mass is 401 g/mol. The van der Waals surface area contributed by atoms with Gasteiger partial charge in [-0.05, 0) is 59.8 Å². The van der Waals surface area contributed by atoms with Gasteiger partial charge in [-0.2, -0.15) is 5.26 Å². The Balaban J connectivity index is 1.87. The van der Waals surface area contributed by atoms with Gasteiger partial charge >= 0.3 is 0 Å². The molecule has 148 valence electrons. The number of aromatic nitrogens is 1. The van der Waals surface area contributed by atoms with Crippen LogP contribution in [0.1, 0.15) is 48.3 Å². The Kier molecular flexibility index (Phi) is 5.96. The largest absolute Gasteiger partial charge is 0.345 e. The molecule has 2 aromatic rings. The van der Waals surface area contributed by atoms with Gasteiger partial charge in [0.05, 0.1) is 10.5 Å². The fourth-order valence-electron chi connectivity index (χ4n) is 3.58. The van der Waals surface area contributed by atoms with Gasteiger partial charge in [-0.25, -0.2) is 9.11 Å². The lowest BCUT2D eigenvalue weighted by atomic mass is 9.98. The van der Waals surface area contributed by atoms with Crippen LogP contribution in [0.15, 0.2) is 29.3 Å². The molecule has 0 radical (unpaired) electrons. The van der Waals surface area contributed by atoms with E-state index in [-0.39, 0.29) is 17.5 Å². The van der Waals surface area contributed by atoms with Gasteiger partial charge < -0.3 is 9.88 Å². The summed E-state index contributed by atoms with van der Waals surface area (Å²) in [5, 5.41) is 11.7. The van der Waals surface area contributed by atoms with Crippen LogP contribution in [-0.2, 0) is 24.3 Å². The van der Waals surface area contributed by atoms with Gasteiger partial charge in [0.25, 0.3) is 5.91 Å². The first-order valence-corrected chi connectivity index (χ1v) is 10.4. The van der Waals surface area contributed by atoms with Crippen LogP contribution < -0.4 is 10.0 Å². The minimum Gasteiger partial charge on any atom is -0.345 e. The first kappa shape index (κ1) is 20.2. The summed E-state index contributed by atoms with van der Waals surface area (Å²) in [6.45, 7) is 4.33. The molecule has 0 aliphatic carbocycles. The molecule has 6 nitrogen and oxygen atoms in total. The molecule has 3 rings (SSSR count). The Hall–Kier alpha value is -2.50. The van der Waals surface area contributed by atoms with Crippen LogP contribution in [0, 0.1) is 27.8 Å². The van der Waals surface area contributed by atoms with Crippen LogP contribution in [-0.4, -0.2) is 16.5 Å². The van der Waals surface area contributed by atoms with Crippen molar-refractivity contribution in [2.45, 2.75) is 44.0 Å². The number of anilines is 1. The van der Waals surface area contributed by atoms with E-state index < -0.39 is 16.7 Å². The lowest BCUT2D eigenvalue weighted by Gasteiger charge is -2.18. The third kappa shape index (κ3) is 4.16. The second kappa shape index (κ2) is 8.25. The first-order chi connectivity index (χ1) is 13.3. The second-order valence-electron chi connectivity index (χ2n) is 7.48. The summed E-state index contributed by atoms with van der Waals surface area (Å²) >= 11 is 0. The molecular formula is C20H24FN5OS. The minimum absolute atomic E-state index is 0.114. The number of nitriles is 1. The predicted molar refractivity (Wildman–Crippen MR) is 108 cm³/mol. The molecule has 2 atom stereocenters. The van der Waals surface area contributed by atoms with Crippen LogP contribution in [0.5, 0.6) is 0 Å². The van der Waals surface area contributed by atoms with Crippen LogP contribution in [0.3, 0.4) is 0 Å². The van der Waals surface area contributed by atoms with E-state index in [9.17, 15) is 9.18 Å². The number of fused-ring (bicyclic) bond motifs is 1. The number of carbonyl (C=O) groups is 1. The average molecular weight is 402 g/mol. The summed E-state index contributed by atoms with van der Waals surface area (Å²) in [5.41, 5.74) is 1.65. The molecule has 0 saturated carbocycles. The Morgan fingerprint density at radius 1 is 1.54 bits per heavy atom. The Morgan fingerprint density at radius 2 is 2.29 bits per heavy atom. The van der Waals surface area contributed by atoms with Crippen LogP contribution in [0.2, 0.25) is 0 Å². The molecule has 2 heterocycles. The Morgan fingerprint density at radius 3 is 2.96 bits per heavy atom. The van der Waals surface area contributed by atoms with E-state index >= 15 is 0 Å². The lowest BCUT2D eigenvalue weighted by Crippen LogP contribution is -2.30. The van der Waals surface area contributed by atoms with E-state index in [1.165, 1.54) is 18.2 Å². The summed E-state index contributed by atoms with van der Waals surface area (Å²) in [7, 11) is 0.906. The van der Waals surface area contributed by atoms with Crippen molar-refractivity contribution in [1.82, 2.24) is 9.29 Å². The van der Waals surface area contributed by atoms with E-state index in [0.717, 1.165) is 29.7 Å². The Labute approximate surface area is 166 Å². The third-order valence-corrected chi connectivity index (χ3v) is 6.17. The van der Waals surface area contributed by atoms with Crippen molar-refractivity contribution in [2.75, 3.05) is 5.32 Å². The van der Waals surface area contributed by atoms with Crippen molar-refractivity contribution in [3.8, 4) is 6.07 Å². The van der Waals surface area contributed by atoms with Gasteiger partial charge in [-0.3, -0.25) is 9.57 Å². The van der Waals surface area contributed by atoms with Gasteiger partial charge in [0.1, 0.15) is 17.6 Å². The van der Waals surface area contributed by atoms with Crippen LogP contribution in [0.25, 0.3) is 0 Å². The van der Waals surface area contributed by atoms with Crippen molar-refractivity contribution < 1.29 is 9.18 Å². The molecule has 0 spiro atoms. The van der Waals surface area contributed by atoms with Gasteiger partial charge in [0.2, 0.25) is 0 Å². The van der Waals surface area contributed by atoms with Gasteiger partial charge in [-0.1, -0.05) is 13.8 Å². The van der Waals surface area contributed by atoms with Gasteiger partial charge in [-0.15, -0.1) is 0 Å². The maximum Gasteiger partial charge on any atom is 0.272 e. The molecule has 28 heavy (non-hydrogen) atoms. The highest BCUT2D eigenvalue weighted by Gasteiger charge is 2.27. The molecule has 3 N–H and O–H groups in total. The summed E-state index contributed by atoms with van der Waals surface area (Å²) in [4.78, 5) is 13.8. The molecule has 8 heteroatoms. The first-order valence-electron chi connectivity index (χ1n) is 9.21. The average Bonchev–Trinajstić information content (AvgIpc) is 2.89. The number of benzene rings is 1. The fraction of sp³-hybridized carbons (Fsp3) is 0.400. The fourth-order valence-corrected chi connectivity index (χ4v) is 4.97. The lowest BCUT2D eigenvalue weighted by molar-refractivity contribution is 0.101. The maximum absolute atomic E-state index is 13.5. The number of aryl methyl sites for hydroxylation is 1. The normalized spacial score (nSPS) is 19.0. The number of nitrogens with one attached hydrogen (secondary N) is 3. The number of halogens is 1. The molecule has 0 fully saturated rings. The standard InChI is InChI=1S/C20H24FN5OS/c1-12(2)8-15-4-6-16-18(28(23)25-15)11-26(3)19(16)20(27)24-14-5-7-17(21)13(9-14)10-22/h5,7,9,11-12,15H,4,6,8H2,1-3H3,(H2,23,25)(H,24,27).